The monoisotopic (exact) mass is 309 g/mol. The molecule has 4 heterocycles. The molecule has 1 N–H and O–H groups in total. The lowest BCUT2D eigenvalue weighted by Crippen LogP contribution is -2.59. The first-order chi connectivity index (χ1) is 11.3. The van der Waals surface area contributed by atoms with Crippen LogP contribution in [0.25, 0.3) is 11.0 Å². The molecule has 0 aromatic carbocycles. The van der Waals surface area contributed by atoms with Crippen molar-refractivity contribution in [2.24, 2.45) is 11.8 Å². The number of aromatic nitrogens is 2. The van der Waals surface area contributed by atoms with E-state index in [2.05, 4.69) is 20.9 Å². The molecule has 4 nitrogen and oxygen atoms in total. The molecule has 6 rings (SSSR count). The minimum absolute atomic E-state index is 0.372. The van der Waals surface area contributed by atoms with E-state index in [-0.39, 0.29) is 0 Å². The van der Waals surface area contributed by atoms with Gasteiger partial charge in [0.2, 0.25) is 5.91 Å². The summed E-state index contributed by atoms with van der Waals surface area (Å²) in [7, 11) is 0. The van der Waals surface area contributed by atoms with Crippen molar-refractivity contribution in [1.29, 1.82) is 0 Å². The van der Waals surface area contributed by atoms with Crippen LogP contribution < -0.4 is 0 Å². The SMILES string of the molecule is O=C(CCc1c[nH]c2ncccc12)N1C2CC3CC(C2)CC1C3. The van der Waals surface area contributed by atoms with Gasteiger partial charge in [-0.3, -0.25) is 4.79 Å². The zero-order valence-corrected chi connectivity index (χ0v) is 13.4. The fourth-order valence-corrected chi connectivity index (χ4v) is 5.53. The molecule has 4 bridgehead atoms. The molecule has 1 amide bonds. The highest BCUT2D eigenvalue weighted by atomic mass is 16.2. The Hall–Kier alpha value is -1.84. The lowest BCUT2D eigenvalue weighted by Gasteiger charge is -2.56. The summed E-state index contributed by atoms with van der Waals surface area (Å²) in [4.78, 5) is 22.7. The molecule has 0 spiro atoms. The van der Waals surface area contributed by atoms with Crippen LogP contribution in [0.1, 0.15) is 44.1 Å². The fourth-order valence-electron chi connectivity index (χ4n) is 5.53. The number of nitrogens with one attached hydrogen (secondary N) is 1. The summed E-state index contributed by atoms with van der Waals surface area (Å²) in [5.74, 6) is 2.18. The molecule has 2 aromatic rings. The molecule has 2 aromatic heterocycles. The second-order valence-corrected chi connectivity index (χ2v) is 7.73. The van der Waals surface area contributed by atoms with Crippen molar-refractivity contribution < 1.29 is 4.79 Å². The summed E-state index contributed by atoms with van der Waals surface area (Å²) in [5, 5.41) is 1.15. The molecular weight excluding hydrogens is 286 g/mol. The van der Waals surface area contributed by atoms with Crippen molar-refractivity contribution in [2.45, 2.75) is 57.0 Å². The summed E-state index contributed by atoms with van der Waals surface area (Å²) >= 11 is 0. The highest BCUT2D eigenvalue weighted by molar-refractivity contribution is 5.81. The Morgan fingerprint density at radius 2 is 1.91 bits per heavy atom. The van der Waals surface area contributed by atoms with Crippen molar-refractivity contribution in [1.82, 2.24) is 14.9 Å². The summed E-state index contributed by atoms with van der Waals surface area (Å²) in [6.07, 6.45) is 11.7. The van der Waals surface area contributed by atoms with Gasteiger partial charge in [-0.2, -0.15) is 0 Å². The summed E-state index contributed by atoms with van der Waals surface area (Å²) in [6, 6.07) is 5.14. The van der Waals surface area contributed by atoms with Gasteiger partial charge < -0.3 is 9.88 Å². The maximum atomic E-state index is 12.9. The summed E-state index contributed by atoms with van der Waals surface area (Å²) in [6.45, 7) is 0. The summed E-state index contributed by atoms with van der Waals surface area (Å²) in [5.41, 5.74) is 2.14. The van der Waals surface area contributed by atoms with Gasteiger partial charge in [-0.15, -0.1) is 0 Å². The van der Waals surface area contributed by atoms with Crippen LogP contribution in [0, 0.1) is 11.8 Å². The van der Waals surface area contributed by atoms with Crippen molar-refractivity contribution >= 4 is 16.9 Å². The first-order valence-electron chi connectivity index (χ1n) is 9.00. The Kier molecular flexibility index (Phi) is 3.00. The van der Waals surface area contributed by atoms with Crippen LogP contribution in [0.4, 0.5) is 0 Å². The third kappa shape index (κ3) is 2.19. The number of nitrogens with zero attached hydrogens (tertiary/aromatic N) is 2. The predicted molar refractivity (Wildman–Crippen MR) is 88.9 cm³/mol. The molecule has 0 radical (unpaired) electrons. The molecule has 4 fully saturated rings. The van der Waals surface area contributed by atoms with Crippen LogP contribution in [-0.4, -0.2) is 32.9 Å². The Balaban J connectivity index is 1.30. The number of amides is 1. The van der Waals surface area contributed by atoms with E-state index in [0.29, 0.717) is 24.4 Å². The zero-order valence-electron chi connectivity index (χ0n) is 13.4. The fraction of sp³-hybridized carbons (Fsp3) is 0.579. The number of fused-ring (bicyclic) bond motifs is 1. The average Bonchev–Trinajstić information content (AvgIpc) is 2.95. The van der Waals surface area contributed by atoms with E-state index in [9.17, 15) is 4.79 Å². The van der Waals surface area contributed by atoms with E-state index in [1.165, 1.54) is 37.7 Å². The second-order valence-electron chi connectivity index (χ2n) is 7.73. The molecule has 0 unspecified atom stereocenters. The van der Waals surface area contributed by atoms with Crippen LogP contribution in [0.2, 0.25) is 0 Å². The maximum absolute atomic E-state index is 12.9. The number of aryl methyl sites for hydroxylation is 1. The topological polar surface area (TPSA) is 49.0 Å². The van der Waals surface area contributed by atoms with Crippen LogP contribution in [-0.2, 0) is 11.2 Å². The highest BCUT2D eigenvalue weighted by Gasteiger charge is 2.48. The van der Waals surface area contributed by atoms with Crippen LogP contribution in [0.5, 0.6) is 0 Å². The van der Waals surface area contributed by atoms with E-state index in [1.54, 1.807) is 6.20 Å². The minimum atomic E-state index is 0.372. The van der Waals surface area contributed by atoms with Gasteiger partial charge >= 0.3 is 0 Å². The van der Waals surface area contributed by atoms with E-state index < -0.39 is 0 Å². The Morgan fingerprint density at radius 3 is 2.65 bits per heavy atom. The molecule has 4 aliphatic rings. The maximum Gasteiger partial charge on any atom is 0.223 e. The molecule has 4 heteroatoms. The Morgan fingerprint density at radius 1 is 1.17 bits per heavy atom. The smallest absolute Gasteiger partial charge is 0.223 e. The Bertz CT molecular complexity index is 722. The standard InChI is InChI=1S/C19H23N3O/c23-18(4-3-14-11-21-19-17(14)2-1-5-20-19)22-15-7-12-6-13(9-15)10-16(22)8-12/h1-2,5,11-13,15-16H,3-4,6-10H2,(H,20,21). The number of rotatable bonds is 3. The largest absolute Gasteiger partial charge is 0.346 e. The molecule has 120 valence electrons. The molecular formula is C19H23N3O. The molecule has 2 saturated carbocycles. The highest BCUT2D eigenvalue weighted by Crippen LogP contribution is 2.49. The number of H-pyrrole nitrogens is 1. The quantitative estimate of drug-likeness (QED) is 0.946. The lowest BCUT2D eigenvalue weighted by atomic mass is 9.63. The number of pyridine rings is 1. The van der Waals surface area contributed by atoms with Crippen LogP contribution in [0.15, 0.2) is 24.5 Å². The van der Waals surface area contributed by atoms with Gasteiger partial charge in [0.05, 0.1) is 0 Å². The van der Waals surface area contributed by atoms with Crippen LogP contribution >= 0.6 is 0 Å². The first-order valence-corrected chi connectivity index (χ1v) is 9.00. The molecule has 2 aliphatic heterocycles. The van der Waals surface area contributed by atoms with Gasteiger partial charge in [-0.05, 0) is 68.1 Å². The van der Waals surface area contributed by atoms with Gasteiger partial charge in [-0.1, -0.05) is 0 Å². The normalized spacial score (nSPS) is 31.9. The lowest BCUT2D eigenvalue weighted by molar-refractivity contribution is -0.149. The van der Waals surface area contributed by atoms with Crippen molar-refractivity contribution in [3.05, 3.63) is 30.1 Å². The molecule has 2 aliphatic carbocycles. The second kappa shape index (κ2) is 5.08. The molecule has 23 heavy (non-hydrogen) atoms. The number of carbonyl (C=O) groups is 1. The molecule has 2 saturated heterocycles. The van der Waals surface area contributed by atoms with Gasteiger partial charge in [0.25, 0.3) is 0 Å². The third-order valence-corrected chi connectivity index (χ3v) is 6.31. The number of hydrogen-bond donors (Lipinski definition) is 1. The van der Waals surface area contributed by atoms with E-state index in [0.717, 1.165) is 29.3 Å². The van der Waals surface area contributed by atoms with E-state index in [4.69, 9.17) is 0 Å². The van der Waals surface area contributed by atoms with Gasteiger partial charge in [-0.25, -0.2) is 4.98 Å². The van der Waals surface area contributed by atoms with Gasteiger partial charge in [0.1, 0.15) is 5.65 Å². The van der Waals surface area contributed by atoms with Crippen molar-refractivity contribution in [2.75, 3.05) is 0 Å². The van der Waals surface area contributed by atoms with Crippen molar-refractivity contribution in [3.63, 3.8) is 0 Å². The van der Waals surface area contributed by atoms with Crippen LogP contribution in [0.3, 0.4) is 0 Å². The zero-order chi connectivity index (χ0) is 15.4. The summed E-state index contributed by atoms with van der Waals surface area (Å²) < 4.78 is 0. The first kappa shape index (κ1) is 13.6. The number of hydrogen-bond acceptors (Lipinski definition) is 2. The van der Waals surface area contributed by atoms with Crippen molar-refractivity contribution in [3.8, 4) is 0 Å². The Labute approximate surface area is 136 Å². The predicted octanol–water partition coefficient (Wildman–Crippen LogP) is 3.29. The molecule has 0 atom stereocenters. The third-order valence-electron chi connectivity index (χ3n) is 6.31. The van der Waals surface area contributed by atoms with E-state index >= 15 is 0 Å². The number of carbonyl (C=O) groups excluding carboxylic acids is 1. The number of aromatic amines is 1. The minimum Gasteiger partial charge on any atom is -0.346 e. The van der Waals surface area contributed by atoms with Gasteiger partial charge in [0, 0.05) is 36.3 Å². The van der Waals surface area contributed by atoms with Gasteiger partial charge in [0.15, 0.2) is 0 Å². The average molecular weight is 309 g/mol. The van der Waals surface area contributed by atoms with E-state index in [1.807, 2.05) is 12.3 Å². The number of piperidine rings is 2.